The molecule has 0 saturated heterocycles. The highest BCUT2D eigenvalue weighted by Gasteiger charge is 2.37. The maximum Gasteiger partial charge on any atom is 0.410 e. The van der Waals surface area contributed by atoms with Crippen molar-refractivity contribution in [3.63, 3.8) is 0 Å². The fourth-order valence-corrected chi connectivity index (χ4v) is 7.25. The lowest BCUT2D eigenvalue weighted by Crippen LogP contribution is -2.55. The van der Waals surface area contributed by atoms with E-state index >= 15 is 0 Å². The van der Waals surface area contributed by atoms with Crippen molar-refractivity contribution in [3.8, 4) is 22.6 Å². The number of hydroxylamine groups is 1. The third-order valence-corrected chi connectivity index (χ3v) is 10.7. The van der Waals surface area contributed by atoms with E-state index < -0.39 is 88.9 Å². The molecule has 22 nitrogen and oxygen atoms in total. The van der Waals surface area contributed by atoms with E-state index in [4.69, 9.17) is 33.3 Å². The molecule has 0 fully saturated rings. The second kappa shape index (κ2) is 26.5. The van der Waals surface area contributed by atoms with Crippen molar-refractivity contribution < 1.29 is 71.6 Å². The summed E-state index contributed by atoms with van der Waals surface area (Å²) in [5.74, 6) is -3.49. The second-order valence-electron chi connectivity index (χ2n) is 20.6. The molecule has 4 bridgehead atoms. The molecule has 4 rings (SSSR count). The molecule has 410 valence electrons. The Morgan fingerprint density at radius 1 is 0.707 bits per heavy atom. The summed E-state index contributed by atoms with van der Waals surface area (Å²) in [4.78, 5) is 116. The first kappa shape index (κ1) is 59.9. The van der Waals surface area contributed by atoms with Crippen molar-refractivity contribution in [2.45, 2.75) is 123 Å². The lowest BCUT2D eigenvalue weighted by atomic mass is 9.93. The Labute approximate surface area is 438 Å². The molecule has 3 aromatic rings. The van der Waals surface area contributed by atoms with Crippen LogP contribution in [0.15, 0.2) is 66.7 Å². The summed E-state index contributed by atoms with van der Waals surface area (Å²) in [5.41, 5.74) is 1.78. The highest BCUT2D eigenvalue weighted by Crippen LogP contribution is 2.40. The lowest BCUT2D eigenvalue weighted by molar-refractivity contribution is -0.146. The second-order valence-corrected chi connectivity index (χ2v) is 20.6. The van der Waals surface area contributed by atoms with Crippen LogP contribution in [0.5, 0.6) is 11.5 Å². The van der Waals surface area contributed by atoms with Gasteiger partial charge >= 0.3 is 30.2 Å². The quantitative estimate of drug-likeness (QED) is 0.0493. The van der Waals surface area contributed by atoms with Crippen LogP contribution in [0, 0.1) is 0 Å². The smallest absolute Gasteiger partial charge is 0.410 e. The van der Waals surface area contributed by atoms with Crippen LogP contribution in [0.2, 0.25) is 0 Å². The Kier molecular flexibility index (Phi) is 21.2. The van der Waals surface area contributed by atoms with E-state index in [1.165, 1.54) is 45.2 Å². The van der Waals surface area contributed by atoms with Crippen LogP contribution in [0.4, 0.5) is 14.4 Å². The van der Waals surface area contributed by atoms with Crippen molar-refractivity contribution in [2.24, 2.45) is 0 Å². The number of hydrogen-bond donors (Lipinski definition) is 5. The predicted octanol–water partition coefficient (Wildman–Crippen LogP) is 5.37. The molecule has 0 aliphatic carbocycles. The number of fused-ring (bicyclic) bond motifs is 5. The molecular weight excluding hydrogens is 975 g/mol. The minimum Gasteiger partial charge on any atom is -0.491 e. The molecular formula is C53H73N7O15. The van der Waals surface area contributed by atoms with E-state index in [-0.39, 0.29) is 68.3 Å². The van der Waals surface area contributed by atoms with Crippen LogP contribution >= 0.6 is 0 Å². The summed E-state index contributed by atoms with van der Waals surface area (Å²) < 4.78 is 33.9. The van der Waals surface area contributed by atoms with Gasteiger partial charge in [0, 0.05) is 38.2 Å². The van der Waals surface area contributed by atoms with E-state index in [2.05, 4.69) is 26.7 Å². The van der Waals surface area contributed by atoms with Gasteiger partial charge in [-0.1, -0.05) is 30.3 Å². The fourth-order valence-electron chi connectivity index (χ4n) is 7.25. The van der Waals surface area contributed by atoms with Gasteiger partial charge in [0.05, 0.1) is 25.8 Å². The first-order valence-corrected chi connectivity index (χ1v) is 24.4. The number of carbonyl (C=O) groups excluding carboxylic acids is 8. The number of nitrogens with zero attached hydrogens (tertiary/aromatic N) is 2. The zero-order valence-corrected chi connectivity index (χ0v) is 45.1. The fraction of sp³-hybridized carbons (Fsp3) is 0.509. The molecule has 6 amide bonds. The van der Waals surface area contributed by atoms with E-state index in [0.717, 1.165) is 4.90 Å². The molecule has 4 atom stereocenters. The van der Waals surface area contributed by atoms with Crippen LogP contribution in [0.1, 0.15) is 103 Å². The van der Waals surface area contributed by atoms with E-state index in [1.807, 2.05) is 0 Å². The largest absolute Gasteiger partial charge is 0.491 e. The Hall–Kier alpha value is -7.62. The summed E-state index contributed by atoms with van der Waals surface area (Å²) in [6, 6.07) is 12.3. The number of ether oxygens (including phenoxy) is 6. The summed E-state index contributed by atoms with van der Waals surface area (Å²) in [6.07, 6.45) is -2.25. The molecule has 1 aliphatic heterocycles. The van der Waals surface area contributed by atoms with E-state index in [1.54, 1.807) is 117 Å². The molecule has 0 spiro atoms. The van der Waals surface area contributed by atoms with Gasteiger partial charge in [0.2, 0.25) is 17.7 Å². The Balaban J connectivity index is 1.89. The van der Waals surface area contributed by atoms with Gasteiger partial charge < -0.3 is 64.3 Å². The Morgan fingerprint density at radius 3 is 1.80 bits per heavy atom. The number of alkyl carbamates (subject to hydrolysis) is 2. The number of carbonyl (C=O) groups is 8. The number of methoxy groups -OCH3 is 1. The third kappa shape index (κ3) is 19.3. The molecule has 75 heavy (non-hydrogen) atoms. The molecule has 0 aromatic heterocycles. The highest BCUT2D eigenvalue weighted by atomic mass is 16.7. The van der Waals surface area contributed by atoms with Crippen molar-refractivity contribution in [1.29, 1.82) is 0 Å². The number of benzene rings is 3. The molecule has 0 unspecified atom stereocenters. The first-order valence-electron chi connectivity index (χ1n) is 24.4. The molecule has 22 heteroatoms. The molecule has 3 aromatic carbocycles. The SMILES string of the molecule is COC(=O)[C@@H]1Cc2ccc(OCCNC(=O)OC(C)(C)C)c(c2)-c2cc(ccc2OCCNC(=O)OC(C)(C)C)[C@H](N(C)C(=O)[C@H](CCN(C)C(=O)OC(C)(C)C)NOC(=O)c2ccccc2)C(=O)N[C@@H](C)C(=O)N1. The van der Waals surface area contributed by atoms with Crippen LogP contribution in [-0.4, -0.2) is 147 Å². The topological polar surface area (TPSA) is 268 Å². The number of esters is 1. The number of amides is 6. The van der Waals surface area contributed by atoms with Crippen molar-refractivity contribution in [1.82, 2.24) is 36.5 Å². The molecule has 0 radical (unpaired) electrons. The normalized spacial score (nSPS) is 16.3. The van der Waals surface area contributed by atoms with Gasteiger partial charge in [-0.15, -0.1) is 5.48 Å². The highest BCUT2D eigenvalue weighted by molar-refractivity contribution is 5.95. The number of nitrogens with one attached hydrogen (secondary N) is 5. The number of hydrogen-bond acceptors (Lipinski definition) is 16. The average Bonchev–Trinajstić information content (AvgIpc) is 3.32. The minimum atomic E-state index is -1.54. The van der Waals surface area contributed by atoms with Crippen molar-refractivity contribution in [2.75, 3.05) is 54.1 Å². The van der Waals surface area contributed by atoms with Gasteiger partial charge in [0.25, 0.3) is 0 Å². The van der Waals surface area contributed by atoms with Crippen molar-refractivity contribution >= 4 is 47.9 Å². The van der Waals surface area contributed by atoms with Crippen LogP contribution in [-0.2, 0) is 49.4 Å². The van der Waals surface area contributed by atoms with Gasteiger partial charge in [-0.2, -0.15) is 0 Å². The van der Waals surface area contributed by atoms with E-state index in [0.29, 0.717) is 16.7 Å². The summed E-state index contributed by atoms with van der Waals surface area (Å²) in [7, 11) is 3.99. The van der Waals surface area contributed by atoms with Gasteiger partial charge in [-0.25, -0.2) is 24.0 Å². The minimum absolute atomic E-state index is 0.00283. The van der Waals surface area contributed by atoms with E-state index in [9.17, 15) is 38.4 Å². The van der Waals surface area contributed by atoms with Gasteiger partial charge in [0.1, 0.15) is 65.7 Å². The first-order chi connectivity index (χ1) is 35.0. The number of rotatable bonds is 17. The maximum absolute atomic E-state index is 15.0. The third-order valence-electron chi connectivity index (χ3n) is 10.7. The summed E-state index contributed by atoms with van der Waals surface area (Å²) in [5, 5.41) is 10.7. The Bertz CT molecular complexity index is 2500. The standard InChI is InChI=1S/C53H73N7O15/c1-32-43(61)57-39(47(65)69-13)30-33-19-21-40(70-27-24-54-48(66)72-51(2,3)4)36(29-33)37-31-35(20-22-41(37)71-28-25-55-49(67)73-52(5,6)7)42(44(62)56-32)60(12)45(63)38(23-26-59(11)50(68)74-53(8,9)10)58-75-46(64)34-17-15-14-16-18-34/h14-22,29,31-32,38-39,42,58H,23-28,30H2,1-13H3,(H,54,66)(H,55,67)(H,56,62)(H,57,61)/t32-,38-,39-,42-/m0/s1. The summed E-state index contributed by atoms with van der Waals surface area (Å²) >= 11 is 0. The van der Waals surface area contributed by atoms with Gasteiger partial charge in [-0.3, -0.25) is 14.4 Å². The molecule has 5 N–H and O–H groups in total. The summed E-state index contributed by atoms with van der Waals surface area (Å²) in [6.45, 7) is 16.7. The molecule has 1 heterocycles. The average molecular weight is 1050 g/mol. The van der Waals surface area contributed by atoms with Gasteiger partial charge in [0.15, 0.2) is 0 Å². The van der Waals surface area contributed by atoms with Crippen LogP contribution in [0.25, 0.3) is 11.1 Å². The van der Waals surface area contributed by atoms with Crippen LogP contribution < -0.4 is 36.2 Å². The lowest BCUT2D eigenvalue weighted by Gasteiger charge is -2.33. The zero-order chi connectivity index (χ0) is 55.8. The van der Waals surface area contributed by atoms with Crippen LogP contribution in [0.3, 0.4) is 0 Å². The Morgan fingerprint density at radius 2 is 1.25 bits per heavy atom. The van der Waals surface area contributed by atoms with Gasteiger partial charge in [-0.05, 0) is 123 Å². The van der Waals surface area contributed by atoms with Crippen molar-refractivity contribution in [3.05, 3.63) is 83.4 Å². The monoisotopic (exact) mass is 1050 g/mol. The molecule has 0 saturated carbocycles. The predicted molar refractivity (Wildman–Crippen MR) is 274 cm³/mol. The molecule has 1 aliphatic rings. The number of likely N-dealkylation sites (N-methyl/N-ethyl adjacent to an activating group) is 1. The maximum atomic E-state index is 15.0. The zero-order valence-electron chi connectivity index (χ0n) is 45.1.